The SMILES string of the molecule is CCOC(=O)N1CCC(N2CCN(C(=O)NCc3ccccn3)CC2)CC1. The number of carbonyl (C=O) groups is 2. The highest BCUT2D eigenvalue weighted by atomic mass is 16.6. The molecular weight excluding hydrogens is 346 g/mol. The molecule has 0 atom stereocenters. The van der Waals surface area contributed by atoms with Gasteiger partial charge in [-0.25, -0.2) is 9.59 Å². The molecule has 1 N–H and O–H groups in total. The van der Waals surface area contributed by atoms with Gasteiger partial charge < -0.3 is 19.9 Å². The highest BCUT2D eigenvalue weighted by Gasteiger charge is 2.30. The zero-order chi connectivity index (χ0) is 19.1. The molecule has 0 unspecified atom stereocenters. The van der Waals surface area contributed by atoms with Gasteiger partial charge in [-0.1, -0.05) is 6.07 Å². The molecule has 2 fully saturated rings. The predicted octanol–water partition coefficient (Wildman–Crippen LogP) is 1.53. The minimum Gasteiger partial charge on any atom is -0.450 e. The molecule has 2 aliphatic heterocycles. The molecule has 2 saturated heterocycles. The number of carbonyl (C=O) groups excluding carboxylic acids is 2. The van der Waals surface area contributed by atoms with Gasteiger partial charge in [0.2, 0.25) is 0 Å². The van der Waals surface area contributed by atoms with Crippen LogP contribution in [0.2, 0.25) is 0 Å². The zero-order valence-electron chi connectivity index (χ0n) is 16.0. The third kappa shape index (κ3) is 5.32. The van der Waals surface area contributed by atoms with E-state index in [9.17, 15) is 9.59 Å². The molecule has 3 rings (SSSR count). The Labute approximate surface area is 160 Å². The number of ether oxygens (including phenoxy) is 1. The minimum absolute atomic E-state index is 0.0302. The van der Waals surface area contributed by atoms with Crippen molar-refractivity contribution in [2.75, 3.05) is 45.9 Å². The molecule has 8 nitrogen and oxygen atoms in total. The van der Waals surface area contributed by atoms with Gasteiger partial charge in [-0.05, 0) is 31.9 Å². The first kappa shape index (κ1) is 19.4. The van der Waals surface area contributed by atoms with Crippen LogP contribution in [0.25, 0.3) is 0 Å². The standard InChI is InChI=1S/C19H29N5O3/c1-2-27-19(26)24-9-6-17(7-10-24)22-11-13-23(14-12-22)18(25)21-15-16-5-3-4-8-20-16/h3-5,8,17H,2,6-7,9-15H2,1H3,(H,21,25). The summed E-state index contributed by atoms with van der Waals surface area (Å²) in [6.07, 6.45) is 3.45. The lowest BCUT2D eigenvalue weighted by Crippen LogP contribution is -2.56. The average molecular weight is 375 g/mol. The Hall–Kier alpha value is -2.35. The molecule has 1 aromatic rings. The van der Waals surface area contributed by atoms with Gasteiger partial charge in [-0.3, -0.25) is 9.88 Å². The van der Waals surface area contributed by atoms with Crippen molar-refractivity contribution in [2.24, 2.45) is 0 Å². The van der Waals surface area contributed by atoms with Crippen molar-refractivity contribution in [1.29, 1.82) is 0 Å². The molecule has 3 amide bonds. The summed E-state index contributed by atoms with van der Waals surface area (Å²) >= 11 is 0. The van der Waals surface area contributed by atoms with Crippen LogP contribution in [0.3, 0.4) is 0 Å². The van der Waals surface area contributed by atoms with Crippen LogP contribution < -0.4 is 5.32 Å². The van der Waals surface area contributed by atoms with Crippen molar-refractivity contribution in [1.82, 2.24) is 25.0 Å². The van der Waals surface area contributed by atoms with Crippen molar-refractivity contribution < 1.29 is 14.3 Å². The van der Waals surface area contributed by atoms with Gasteiger partial charge in [0.05, 0.1) is 18.8 Å². The molecular formula is C19H29N5O3. The first-order valence-corrected chi connectivity index (χ1v) is 9.76. The lowest BCUT2D eigenvalue weighted by atomic mass is 10.0. The second-order valence-electron chi connectivity index (χ2n) is 6.92. The van der Waals surface area contributed by atoms with Crippen LogP contribution in [0.1, 0.15) is 25.5 Å². The topological polar surface area (TPSA) is 78.0 Å². The van der Waals surface area contributed by atoms with Crippen LogP contribution in [0.4, 0.5) is 9.59 Å². The largest absolute Gasteiger partial charge is 0.450 e. The number of likely N-dealkylation sites (tertiary alicyclic amines) is 1. The number of urea groups is 1. The summed E-state index contributed by atoms with van der Waals surface area (Å²) < 4.78 is 5.08. The van der Waals surface area contributed by atoms with Gasteiger partial charge in [0.1, 0.15) is 0 Å². The summed E-state index contributed by atoms with van der Waals surface area (Å²) in [7, 11) is 0. The monoisotopic (exact) mass is 375 g/mol. The Morgan fingerprint density at radius 1 is 1.11 bits per heavy atom. The number of piperidine rings is 1. The maximum Gasteiger partial charge on any atom is 0.409 e. The first-order chi connectivity index (χ1) is 13.2. The summed E-state index contributed by atoms with van der Waals surface area (Å²) in [5.41, 5.74) is 0.859. The quantitative estimate of drug-likeness (QED) is 0.864. The van der Waals surface area contributed by atoms with Crippen LogP contribution in [0.15, 0.2) is 24.4 Å². The second kappa shape index (κ2) is 9.55. The van der Waals surface area contributed by atoms with E-state index in [1.807, 2.05) is 30.0 Å². The van der Waals surface area contributed by atoms with Crippen LogP contribution in [0.5, 0.6) is 0 Å². The van der Waals surface area contributed by atoms with Crippen LogP contribution in [-0.2, 0) is 11.3 Å². The van der Waals surface area contributed by atoms with E-state index in [2.05, 4.69) is 15.2 Å². The number of nitrogens with one attached hydrogen (secondary N) is 1. The normalized spacial score (nSPS) is 19.0. The van der Waals surface area contributed by atoms with Crippen molar-refractivity contribution in [3.63, 3.8) is 0 Å². The van der Waals surface area contributed by atoms with Gasteiger partial charge in [0.15, 0.2) is 0 Å². The third-order valence-electron chi connectivity index (χ3n) is 5.26. The van der Waals surface area contributed by atoms with E-state index in [1.165, 1.54) is 0 Å². The number of rotatable bonds is 4. The molecule has 0 aromatic carbocycles. The summed E-state index contributed by atoms with van der Waals surface area (Å²) in [5.74, 6) is 0. The molecule has 0 saturated carbocycles. The van der Waals surface area contributed by atoms with Gasteiger partial charge in [-0.2, -0.15) is 0 Å². The third-order valence-corrected chi connectivity index (χ3v) is 5.26. The molecule has 1 aromatic heterocycles. The fourth-order valence-corrected chi connectivity index (χ4v) is 3.70. The van der Waals surface area contributed by atoms with E-state index in [1.54, 1.807) is 11.1 Å². The van der Waals surface area contributed by atoms with E-state index in [0.717, 1.165) is 57.8 Å². The summed E-state index contributed by atoms with van der Waals surface area (Å²) in [6, 6.07) is 6.13. The first-order valence-electron chi connectivity index (χ1n) is 9.76. The smallest absolute Gasteiger partial charge is 0.409 e. The number of piperazine rings is 1. The Bertz CT molecular complexity index is 611. The molecule has 3 heterocycles. The molecule has 0 bridgehead atoms. The van der Waals surface area contributed by atoms with Gasteiger partial charge in [0, 0.05) is 51.5 Å². The molecule has 2 aliphatic rings. The fraction of sp³-hybridized carbons (Fsp3) is 0.632. The van der Waals surface area contributed by atoms with Crippen LogP contribution >= 0.6 is 0 Å². The van der Waals surface area contributed by atoms with Gasteiger partial charge >= 0.3 is 12.1 Å². The molecule has 0 aliphatic carbocycles. The minimum atomic E-state index is -0.203. The Morgan fingerprint density at radius 2 is 1.85 bits per heavy atom. The van der Waals surface area contributed by atoms with E-state index < -0.39 is 0 Å². The van der Waals surface area contributed by atoms with Crippen LogP contribution in [0, 0.1) is 0 Å². The maximum absolute atomic E-state index is 12.3. The number of hydrogen-bond donors (Lipinski definition) is 1. The summed E-state index contributed by atoms with van der Waals surface area (Å²) in [5, 5.41) is 2.94. The highest BCUT2D eigenvalue weighted by molar-refractivity contribution is 5.74. The Kier molecular flexibility index (Phi) is 6.86. The number of amides is 3. The average Bonchev–Trinajstić information content (AvgIpc) is 2.73. The van der Waals surface area contributed by atoms with E-state index in [-0.39, 0.29) is 12.1 Å². The summed E-state index contributed by atoms with van der Waals surface area (Å²) in [4.78, 5) is 34.5. The van der Waals surface area contributed by atoms with Crippen molar-refractivity contribution in [3.05, 3.63) is 30.1 Å². The molecule has 8 heteroatoms. The van der Waals surface area contributed by atoms with Crippen LogP contribution in [-0.4, -0.2) is 83.7 Å². The zero-order valence-corrected chi connectivity index (χ0v) is 16.0. The van der Waals surface area contributed by atoms with E-state index in [0.29, 0.717) is 19.2 Å². The number of pyridine rings is 1. The van der Waals surface area contributed by atoms with E-state index >= 15 is 0 Å². The lowest BCUT2D eigenvalue weighted by Gasteiger charge is -2.42. The second-order valence-corrected chi connectivity index (χ2v) is 6.92. The molecule has 27 heavy (non-hydrogen) atoms. The van der Waals surface area contributed by atoms with Crippen molar-refractivity contribution in [2.45, 2.75) is 32.4 Å². The Morgan fingerprint density at radius 3 is 2.48 bits per heavy atom. The Balaban J connectivity index is 1.37. The van der Waals surface area contributed by atoms with Crippen molar-refractivity contribution >= 4 is 12.1 Å². The number of aromatic nitrogens is 1. The number of hydrogen-bond acceptors (Lipinski definition) is 5. The van der Waals surface area contributed by atoms with Crippen molar-refractivity contribution in [3.8, 4) is 0 Å². The predicted molar refractivity (Wildman–Crippen MR) is 101 cm³/mol. The fourth-order valence-electron chi connectivity index (χ4n) is 3.70. The molecule has 0 radical (unpaired) electrons. The summed E-state index contributed by atoms with van der Waals surface area (Å²) in [6.45, 7) is 7.40. The maximum atomic E-state index is 12.3. The van der Waals surface area contributed by atoms with Gasteiger partial charge in [-0.15, -0.1) is 0 Å². The highest BCUT2D eigenvalue weighted by Crippen LogP contribution is 2.19. The van der Waals surface area contributed by atoms with E-state index in [4.69, 9.17) is 4.74 Å². The van der Waals surface area contributed by atoms with Gasteiger partial charge in [0.25, 0.3) is 0 Å². The lowest BCUT2D eigenvalue weighted by molar-refractivity contribution is 0.0568. The number of nitrogens with zero attached hydrogens (tertiary/aromatic N) is 4. The molecule has 0 spiro atoms. The molecule has 148 valence electrons.